The lowest BCUT2D eigenvalue weighted by molar-refractivity contribution is -0.117. The molecule has 6 heteroatoms. The zero-order chi connectivity index (χ0) is 22.9. The minimum Gasteiger partial charge on any atom is -0.455 e. The van der Waals surface area contributed by atoms with Crippen LogP contribution in [-0.4, -0.2) is 18.4 Å². The monoisotopic (exact) mass is 438 g/mol. The maximum absolute atomic E-state index is 13.2. The van der Waals surface area contributed by atoms with Crippen LogP contribution in [0.15, 0.2) is 82.0 Å². The van der Waals surface area contributed by atoms with Gasteiger partial charge in [-0.25, -0.2) is 0 Å². The highest BCUT2D eigenvalue weighted by atomic mass is 16.3. The van der Waals surface area contributed by atoms with Gasteiger partial charge in [0.05, 0.1) is 10.9 Å². The van der Waals surface area contributed by atoms with Crippen LogP contribution in [0.5, 0.6) is 0 Å². The standard InChI is InChI=1S/C27H22N2O4/c1-17-24(31)21-12-6-13-22(26(21)33-25(17)18-8-3-2-4-9-18)27(32)28-19-10-5-11-20(16-19)29-15-7-14-23(29)30/h2-6,8-13,16H,7,14-15H2,1H3,(H,28,32). The fraction of sp³-hybridized carbons (Fsp3) is 0.148. The number of fused-ring (bicyclic) bond motifs is 1. The molecule has 0 bridgehead atoms. The molecule has 2 amide bonds. The van der Waals surface area contributed by atoms with Gasteiger partial charge in [0, 0.05) is 35.5 Å². The molecule has 1 aromatic heterocycles. The van der Waals surface area contributed by atoms with Gasteiger partial charge in [0.15, 0.2) is 11.0 Å². The van der Waals surface area contributed by atoms with E-state index in [0.29, 0.717) is 35.4 Å². The Morgan fingerprint density at radius 2 is 1.76 bits per heavy atom. The molecular weight excluding hydrogens is 416 g/mol. The number of benzene rings is 3. The van der Waals surface area contributed by atoms with Gasteiger partial charge in [-0.1, -0.05) is 42.5 Å². The molecule has 1 fully saturated rings. The second-order valence-corrected chi connectivity index (χ2v) is 8.09. The van der Waals surface area contributed by atoms with E-state index in [1.54, 1.807) is 48.2 Å². The van der Waals surface area contributed by atoms with E-state index in [4.69, 9.17) is 4.42 Å². The van der Waals surface area contributed by atoms with Gasteiger partial charge >= 0.3 is 0 Å². The molecule has 5 rings (SSSR count). The average Bonchev–Trinajstić information content (AvgIpc) is 3.27. The molecule has 6 nitrogen and oxygen atoms in total. The van der Waals surface area contributed by atoms with E-state index < -0.39 is 5.91 Å². The molecule has 33 heavy (non-hydrogen) atoms. The van der Waals surface area contributed by atoms with Crippen molar-refractivity contribution in [3.05, 3.63) is 94.1 Å². The number of carbonyl (C=O) groups is 2. The second kappa shape index (κ2) is 8.39. The molecule has 1 N–H and O–H groups in total. The quantitative estimate of drug-likeness (QED) is 0.478. The third-order valence-electron chi connectivity index (χ3n) is 5.91. The molecule has 2 heterocycles. The second-order valence-electron chi connectivity index (χ2n) is 8.09. The van der Waals surface area contributed by atoms with E-state index in [-0.39, 0.29) is 22.5 Å². The summed E-state index contributed by atoms with van der Waals surface area (Å²) in [4.78, 5) is 40.1. The van der Waals surface area contributed by atoms with Crippen LogP contribution < -0.4 is 15.6 Å². The predicted octanol–water partition coefficient (Wildman–Crippen LogP) is 5.15. The lowest BCUT2D eigenvalue weighted by Gasteiger charge is -2.17. The summed E-state index contributed by atoms with van der Waals surface area (Å²) in [5.41, 5.74) is 2.93. The van der Waals surface area contributed by atoms with Crippen LogP contribution in [-0.2, 0) is 4.79 Å². The summed E-state index contributed by atoms with van der Waals surface area (Å²) in [5, 5.41) is 3.24. The number of hydrogen-bond donors (Lipinski definition) is 1. The number of para-hydroxylation sites is 1. The Balaban J connectivity index is 1.54. The molecule has 0 aliphatic carbocycles. The van der Waals surface area contributed by atoms with Gasteiger partial charge < -0.3 is 14.6 Å². The summed E-state index contributed by atoms with van der Waals surface area (Å²) < 4.78 is 6.15. The molecule has 1 aliphatic rings. The third kappa shape index (κ3) is 3.80. The van der Waals surface area contributed by atoms with Crippen molar-refractivity contribution in [3.8, 4) is 11.3 Å². The Morgan fingerprint density at radius 3 is 2.52 bits per heavy atom. The Kier molecular flexibility index (Phi) is 5.26. The van der Waals surface area contributed by atoms with Gasteiger partial charge in [-0.2, -0.15) is 0 Å². The van der Waals surface area contributed by atoms with Crippen LogP contribution in [0, 0.1) is 6.92 Å². The fourth-order valence-corrected chi connectivity index (χ4v) is 4.22. The number of rotatable bonds is 4. The van der Waals surface area contributed by atoms with E-state index in [2.05, 4.69) is 5.32 Å². The van der Waals surface area contributed by atoms with Gasteiger partial charge in [-0.05, 0) is 43.7 Å². The zero-order valence-electron chi connectivity index (χ0n) is 18.1. The summed E-state index contributed by atoms with van der Waals surface area (Å²) in [7, 11) is 0. The van der Waals surface area contributed by atoms with Gasteiger partial charge in [-0.3, -0.25) is 14.4 Å². The number of amides is 2. The molecule has 164 valence electrons. The van der Waals surface area contributed by atoms with Crippen LogP contribution in [0.1, 0.15) is 28.8 Å². The maximum atomic E-state index is 13.2. The fourth-order valence-electron chi connectivity index (χ4n) is 4.22. The summed E-state index contributed by atoms with van der Waals surface area (Å²) in [5.74, 6) is 0.137. The molecule has 1 aliphatic heterocycles. The molecule has 0 atom stereocenters. The zero-order valence-corrected chi connectivity index (χ0v) is 18.1. The summed E-state index contributed by atoms with van der Waals surface area (Å²) >= 11 is 0. The highest BCUT2D eigenvalue weighted by Gasteiger charge is 2.22. The van der Waals surface area contributed by atoms with Gasteiger partial charge in [0.25, 0.3) is 5.91 Å². The smallest absolute Gasteiger partial charge is 0.259 e. The van der Waals surface area contributed by atoms with Crippen molar-refractivity contribution in [1.29, 1.82) is 0 Å². The van der Waals surface area contributed by atoms with Crippen molar-refractivity contribution < 1.29 is 14.0 Å². The van der Waals surface area contributed by atoms with Crippen LogP contribution in [0.3, 0.4) is 0 Å². The first-order valence-corrected chi connectivity index (χ1v) is 10.9. The highest BCUT2D eigenvalue weighted by Crippen LogP contribution is 2.28. The Bertz CT molecular complexity index is 1440. The minimum atomic E-state index is -0.392. The number of anilines is 2. The first-order valence-electron chi connectivity index (χ1n) is 10.9. The van der Waals surface area contributed by atoms with Crippen LogP contribution >= 0.6 is 0 Å². The lowest BCUT2D eigenvalue weighted by Crippen LogP contribution is -2.23. The molecule has 1 saturated heterocycles. The van der Waals surface area contributed by atoms with Gasteiger partial charge in [-0.15, -0.1) is 0 Å². The maximum Gasteiger partial charge on any atom is 0.259 e. The molecule has 3 aromatic carbocycles. The molecule has 0 radical (unpaired) electrons. The summed E-state index contributed by atoms with van der Waals surface area (Å²) in [6.07, 6.45) is 1.36. The van der Waals surface area contributed by atoms with Crippen LogP contribution in [0.25, 0.3) is 22.3 Å². The highest BCUT2D eigenvalue weighted by molar-refractivity contribution is 6.11. The van der Waals surface area contributed by atoms with Crippen molar-refractivity contribution in [3.63, 3.8) is 0 Å². The van der Waals surface area contributed by atoms with Crippen LogP contribution in [0.4, 0.5) is 11.4 Å². The van der Waals surface area contributed by atoms with E-state index in [1.807, 2.05) is 36.4 Å². The normalized spacial score (nSPS) is 13.5. The van der Waals surface area contributed by atoms with Crippen molar-refractivity contribution in [1.82, 2.24) is 0 Å². The van der Waals surface area contributed by atoms with Crippen molar-refractivity contribution in [2.45, 2.75) is 19.8 Å². The van der Waals surface area contributed by atoms with Gasteiger partial charge in [0.2, 0.25) is 5.91 Å². The van der Waals surface area contributed by atoms with Crippen molar-refractivity contribution in [2.75, 3.05) is 16.8 Å². The van der Waals surface area contributed by atoms with E-state index >= 15 is 0 Å². The Labute approximate surface area is 190 Å². The number of nitrogens with one attached hydrogen (secondary N) is 1. The largest absolute Gasteiger partial charge is 0.455 e. The third-order valence-corrected chi connectivity index (χ3v) is 5.91. The SMILES string of the molecule is Cc1c(-c2ccccc2)oc2c(C(=O)Nc3cccc(N4CCCC4=O)c3)cccc2c1=O. The number of hydrogen-bond acceptors (Lipinski definition) is 4. The molecule has 0 saturated carbocycles. The van der Waals surface area contributed by atoms with E-state index in [1.165, 1.54) is 0 Å². The van der Waals surface area contributed by atoms with Gasteiger partial charge in [0.1, 0.15) is 5.76 Å². The number of carbonyl (C=O) groups excluding carboxylic acids is 2. The van der Waals surface area contributed by atoms with Crippen molar-refractivity contribution >= 4 is 34.2 Å². The minimum absolute atomic E-state index is 0.0816. The van der Waals surface area contributed by atoms with Crippen LogP contribution in [0.2, 0.25) is 0 Å². The molecule has 0 unspecified atom stereocenters. The topological polar surface area (TPSA) is 79.6 Å². The Morgan fingerprint density at radius 1 is 0.970 bits per heavy atom. The summed E-state index contributed by atoms with van der Waals surface area (Å²) in [6, 6.07) is 21.5. The first kappa shape index (κ1) is 20.7. The first-order chi connectivity index (χ1) is 16.0. The van der Waals surface area contributed by atoms with E-state index in [9.17, 15) is 14.4 Å². The predicted molar refractivity (Wildman–Crippen MR) is 129 cm³/mol. The molecule has 4 aromatic rings. The summed E-state index contributed by atoms with van der Waals surface area (Å²) in [6.45, 7) is 2.40. The molecular formula is C27H22N2O4. The van der Waals surface area contributed by atoms with E-state index in [0.717, 1.165) is 17.7 Å². The molecule has 0 spiro atoms. The number of nitrogens with zero attached hydrogens (tertiary/aromatic N) is 1. The Hall–Kier alpha value is -4.19. The average molecular weight is 438 g/mol. The van der Waals surface area contributed by atoms with Crippen molar-refractivity contribution in [2.24, 2.45) is 0 Å². The lowest BCUT2D eigenvalue weighted by atomic mass is 10.0.